The number of hydrogen-bond donors (Lipinski definition) is 0. The number of ether oxygens (including phenoxy) is 1. The molecule has 0 radical (unpaired) electrons. The molecule has 0 fully saturated rings. The second-order valence-corrected chi connectivity index (χ2v) is 6.00. The SMILES string of the molecule is CCOC(=O)/C=C/CCCOS(=O)(=O)c1ccc(C)cc1. The third-order valence-electron chi connectivity index (χ3n) is 2.60. The second kappa shape index (κ2) is 8.59. The van der Waals surface area contributed by atoms with Crippen LogP contribution >= 0.6 is 0 Å². The molecule has 0 aliphatic heterocycles. The molecule has 0 unspecified atom stereocenters. The van der Waals surface area contributed by atoms with Gasteiger partial charge in [-0.15, -0.1) is 0 Å². The van der Waals surface area contributed by atoms with Crippen LogP contribution in [0.25, 0.3) is 0 Å². The van der Waals surface area contributed by atoms with Crippen LogP contribution in [0.4, 0.5) is 0 Å². The molecular formula is C15H20O5S. The lowest BCUT2D eigenvalue weighted by molar-refractivity contribution is -0.137. The summed E-state index contributed by atoms with van der Waals surface area (Å²) in [6, 6.07) is 6.48. The van der Waals surface area contributed by atoms with E-state index < -0.39 is 16.1 Å². The number of benzene rings is 1. The van der Waals surface area contributed by atoms with Crippen molar-refractivity contribution < 1.29 is 22.1 Å². The summed E-state index contributed by atoms with van der Waals surface area (Å²) in [4.78, 5) is 11.2. The van der Waals surface area contributed by atoms with E-state index in [0.29, 0.717) is 19.4 Å². The summed E-state index contributed by atoms with van der Waals surface area (Å²) in [5.74, 6) is -0.398. The van der Waals surface area contributed by atoms with Crippen molar-refractivity contribution in [2.24, 2.45) is 0 Å². The molecule has 1 aromatic rings. The van der Waals surface area contributed by atoms with Gasteiger partial charge in [0.15, 0.2) is 0 Å². The lowest BCUT2D eigenvalue weighted by Gasteiger charge is -2.05. The van der Waals surface area contributed by atoms with Crippen LogP contribution in [0.1, 0.15) is 25.3 Å². The lowest BCUT2D eigenvalue weighted by Crippen LogP contribution is -2.07. The summed E-state index contributed by atoms with van der Waals surface area (Å²) in [5.41, 5.74) is 0.984. The maximum absolute atomic E-state index is 11.9. The molecule has 0 saturated carbocycles. The smallest absolute Gasteiger partial charge is 0.330 e. The largest absolute Gasteiger partial charge is 0.463 e. The number of carbonyl (C=O) groups excluding carboxylic acids is 1. The summed E-state index contributed by atoms with van der Waals surface area (Å²) in [6.45, 7) is 4.02. The van der Waals surface area contributed by atoms with Crippen LogP contribution in [0.2, 0.25) is 0 Å². The molecule has 0 amide bonds. The van der Waals surface area contributed by atoms with E-state index in [1.807, 2.05) is 6.92 Å². The van der Waals surface area contributed by atoms with Crippen LogP contribution in [0.15, 0.2) is 41.3 Å². The van der Waals surface area contributed by atoms with Gasteiger partial charge < -0.3 is 4.74 Å². The van der Waals surface area contributed by atoms with Crippen molar-refractivity contribution in [1.82, 2.24) is 0 Å². The molecule has 0 aliphatic carbocycles. The van der Waals surface area contributed by atoms with Crippen molar-refractivity contribution in [2.45, 2.75) is 31.6 Å². The minimum absolute atomic E-state index is 0.0728. The third-order valence-corrected chi connectivity index (χ3v) is 3.93. The lowest BCUT2D eigenvalue weighted by atomic mass is 10.2. The zero-order valence-corrected chi connectivity index (χ0v) is 13.1. The summed E-state index contributed by atoms with van der Waals surface area (Å²) < 4.78 is 33.4. The molecule has 0 spiro atoms. The van der Waals surface area contributed by atoms with Gasteiger partial charge in [-0.05, 0) is 38.8 Å². The summed E-state index contributed by atoms with van der Waals surface area (Å²) in [5, 5.41) is 0. The highest BCUT2D eigenvalue weighted by Gasteiger charge is 2.13. The number of hydrogen-bond acceptors (Lipinski definition) is 5. The summed E-state index contributed by atoms with van der Waals surface area (Å²) in [7, 11) is -3.70. The van der Waals surface area contributed by atoms with Crippen LogP contribution < -0.4 is 0 Å². The average molecular weight is 312 g/mol. The van der Waals surface area contributed by atoms with Gasteiger partial charge in [-0.2, -0.15) is 8.42 Å². The van der Waals surface area contributed by atoms with Gasteiger partial charge in [0, 0.05) is 6.08 Å². The van der Waals surface area contributed by atoms with E-state index in [2.05, 4.69) is 0 Å². The first-order valence-electron chi connectivity index (χ1n) is 6.75. The fourth-order valence-corrected chi connectivity index (χ4v) is 2.46. The molecule has 6 heteroatoms. The fraction of sp³-hybridized carbons (Fsp3) is 0.400. The predicted molar refractivity (Wildman–Crippen MR) is 79.3 cm³/mol. The maximum atomic E-state index is 11.9. The van der Waals surface area contributed by atoms with Crippen LogP contribution in [0.5, 0.6) is 0 Å². The van der Waals surface area contributed by atoms with E-state index in [0.717, 1.165) is 5.56 Å². The topological polar surface area (TPSA) is 69.7 Å². The van der Waals surface area contributed by atoms with E-state index in [1.165, 1.54) is 18.2 Å². The molecule has 1 aromatic carbocycles. The minimum atomic E-state index is -3.70. The van der Waals surface area contributed by atoms with Gasteiger partial charge in [0.25, 0.3) is 10.1 Å². The highest BCUT2D eigenvalue weighted by atomic mass is 32.2. The Morgan fingerprint density at radius 3 is 2.52 bits per heavy atom. The molecule has 0 N–H and O–H groups in total. The standard InChI is InChI=1S/C15H20O5S/c1-3-19-15(16)7-5-4-6-12-20-21(17,18)14-10-8-13(2)9-11-14/h5,7-11H,3-4,6,12H2,1-2H3/b7-5+. The molecule has 0 saturated heterocycles. The van der Waals surface area contributed by atoms with E-state index in [1.54, 1.807) is 25.1 Å². The normalized spacial score (nSPS) is 11.7. The van der Waals surface area contributed by atoms with Gasteiger partial charge in [-0.3, -0.25) is 4.18 Å². The molecule has 1 rings (SSSR count). The Kier molecular flexibility index (Phi) is 7.11. The van der Waals surface area contributed by atoms with Gasteiger partial charge in [0.1, 0.15) is 0 Å². The van der Waals surface area contributed by atoms with Gasteiger partial charge in [0.05, 0.1) is 18.1 Å². The first-order valence-corrected chi connectivity index (χ1v) is 8.16. The molecule has 0 bridgehead atoms. The second-order valence-electron chi connectivity index (χ2n) is 4.39. The first-order chi connectivity index (χ1) is 9.95. The Balaban J connectivity index is 2.35. The van der Waals surface area contributed by atoms with Gasteiger partial charge in [0.2, 0.25) is 0 Å². The van der Waals surface area contributed by atoms with Crippen molar-refractivity contribution in [3.05, 3.63) is 42.0 Å². The van der Waals surface area contributed by atoms with Crippen molar-refractivity contribution in [1.29, 1.82) is 0 Å². The Hall–Kier alpha value is -1.66. The molecular weight excluding hydrogens is 292 g/mol. The number of allylic oxidation sites excluding steroid dienone is 1. The molecule has 21 heavy (non-hydrogen) atoms. The Labute approximate surface area is 125 Å². The zero-order valence-electron chi connectivity index (χ0n) is 12.2. The molecule has 5 nitrogen and oxygen atoms in total. The fourth-order valence-electron chi connectivity index (χ4n) is 1.51. The maximum Gasteiger partial charge on any atom is 0.330 e. The monoisotopic (exact) mass is 312 g/mol. The molecule has 0 aromatic heterocycles. The quantitative estimate of drug-likeness (QED) is 0.319. The van der Waals surface area contributed by atoms with E-state index in [9.17, 15) is 13.2 Å². The first kappa shape index (κ1) is 17.4. The van der Waals surface area contributed by atoms with Crippen molar-refractivity contribution >= 4 is 16.1 Å². The van der Waals surface area contributed by atoms with Crippen LogP contribution in [-0.2, 0) is 23.8 Å². The number of carbonyl (C=O) groups is 1. The van der Waals surface area contributed by atoms with Gasteiger partial charge >= 0.3 is 5.97 Å². The minimum Gasteiger partial charge on any atom is -0.463 e. The predicted octanol–water partition coefficient (Wildman–Crippen LogP) is 2.60. The molecule has 116 valence electrons. The Bertz CT molecular complexity index is 573. The number of esters is 1. The highest BCUT2D eigenvalue weighted by molar-refractivity contribution is 7.86. The highest BCUT2D eigenvalue weighted by Crippen LogP contribution is 2.13. The summed E-state index contributed by atoms with van der Waals surface area (Å²) >= 11 is 0. The number of rotatable bonds is 8. The summed E-state index contributed by atoms with van der Waals surface area (Å²) in [6.07, 6.45) is 4.01. The van der Waals surface area contributed by atoms with Crippen molar-refractivity contribution in [3.8, 4) is 0 Å². The molecule has 0 aliphatic rings. The van der Waals surface area contributed by atoms with Crippen LogP contribution in [-0.4, -0.2) is 27.6 Å². The zero-order chi connectivity index (χ0) is 15.7. The number of aryl methyl sites for hydroxylation is 1. The van der Waals surface area contributed by atoms with Crippen LogP contribution in [0, 0.1) is 6.92 Å². The van der Waals surface area contributed by atoms with Crippen molar-refractivity contribution in [2.75, 3.05) is 13.2 Å². The molecule has 0 atom stereocenters. The number of unbranched alkanes of at least 4 members (excludes halogenated alkanes) is 1. The van der Waals surface area contributed by atoms with E-state index in [4.69, 9.17) is 8.92 Å². The third kappa shape index (κ3) is 6.55. The average Bonchev–Trinajstić information content (AvgIpc) is 2.43. The Morgan fingerprint density at radius 2 is 1.90 bits per heavy atom. The van der Waals surface area contributed by atoms with Crippen LogP contribution in [0.3, 0.4) is 0 Å². The van der Waals surface area contributed by atoms with Gasteiger partial charge in [-0.25, -0.2) is 4.79 Å². The van der Waals surface area contributed by atoms with E-state index in [-0.39, 0.29) is 11.5 Å². The molecule has 0 heterocycles. The van der Waals surface area contributed by atoms with E-state index >= 15 is 0 Å². The Morgan fingerprint density at radius 1 is 1.24 bits per heavy atom. The van der Waals surface area contributed by atoms with Gasteiger partial charge in [-0.1, -0.05) is 23.8 Å². The van der Waals surface area contributed by atoms with Crippen molar-refractivity contribution in [3.63, 3.8) is 0 Å².